The number of carbonyl (C=O) groups is 1. The maximum atomic E-state index is 12.0. The quantitative estimate of drug-likeness (QED) is 0.407. The molecule has 0 aliphatic carbocycles. The molecule has 0 radical (unpaired) electrons. The number of carbonyl (C=O) groups excluding carboxylic acids is 1. The number of nitrogens with zero attached hydrogens (tertiary/aromatic N) is 2. The third kappa shape index (κ3) is 5.94. The van der Waals surface area contributed by atoms with E-state index < -0.39 is 10.8 Å². The van der Waals surface area contributed by atoms with Crippen LogP contribution in [0.3, 0.4) is 0 Å². The van der Waals surface area contributed by atoms with Gasteiger partial charge in [0.05, 0.1) is 27.8 Å². The molecule has 1 amide bonds. The van der Waals surface area contributed by atoms with Crippen molar-refractivity contribution in [2.75, 3.05) is 6.61 Å². The van der Waals surface area contributed by atoms with Crippen LogP contribution in [0, 0.1) is 16.0 Å². The smallest absolute Gasteiger partial charge is 0.271 e. The van der Waals surface area contributed by atoms with Crippen molar-refractivity contribution in [1.29, 1.82) is 0 Å². The van der Waals surface area contributed by atoms with E-state index in [4.69, 9.17) is 27.9 Å². The number of nitro benzene ring substituents is 1. The zero-order valence-electron chi connectivity index (χ0n) is 14.6. The lowest BCUT2D eigenvalue weighted by molar-refractivity contribution is -0.384. The third-order valence-corrected chi connectivity index (χ3v) is 3.86. The second kappa shape index (κ2) is 9.34. The molecule has 9 heteroatoms. The fourth-order valence-electron chi connectivity index (χ4n) is 2.01. The van der Waals surface area contributed by atoms with Crippen molar-refractivity contribution in [2.45, 2.75) is 13.8 Å². The molecule has 2 aromatic rings. The number of amides is 1. The molecule has 0 aliphatic rings. The van der Waals surface area contributed by atoms with Gasteiger partial charge in [0.25, 0.3) is 11.6 Å². The van der Waals surface area contributed by atoms with Gasteiger partial charge in [-0.1, -0.05) is 37.0 Å². The average Bonchev–Trinajstić information content (AvgIpc) is 2.60. The van der Waals surface area contributed by atoms with E-state index in [0.717, 1.165) is 0 Å². The van der Waals surface area contributed by atoms with Crippen molar-refractivity contribution < 1.29 is 14.5 Å². The van der Waals surface area contributed by atoms with Gasteiger partial charge in [-0.15, -0.1) is 0 Å². The summed E-state index contributed by atoms with van der Waals surface area (Å²) < 4.78 is 5.58. The first-order valence-corrected chi connectivity index (χ1v) is 8.73. The second-order valence-corrected chi connectivity index (χ2v) is 6.84. The summed E-state index contributed by atoms with van der Waals surface area (Å²) in [5, 5.41) is 15.1. The van der Waals surface area contributed by atoms with Gasteiger partial charge in [-0.3, -0.25) is 14.9 Å². The molecular formula is C18H17Cl2N3O4. The Balaban J connectivity index is 2.03. The molecule has 0 saturated heterocycles. The molecule has 0 spiro atoms. The van der Waals surface area contributed by atoms with Crippen molar-refractivity contribution in [3.05, 3.63) is 67.7 Å². The summed E-state index contributed by atoms with van der Waals surface area (Å²) >= 11 is 12.4. The van der Waals surface area contributed by atoms with Gasteiger partial charge in [-0.25, -0.2) is 5.43 Å². The van der Waals surface area contributed by atoms with Gasteiger partial charge in [-0.05, 0) is 35.7 Å². The number of rotatable bonds is 7. The molecule has 27 heavy (non-hydrogen) atoms. The van der Waals surface area contributed by atoms with Crippen molar-refractivity contribution in [3.8, 4) is 5.75 Å². The number of hydrazone groups is 1. The highest BCUT2D eigenvalue weighted by Gasteiger charge is 2.11. The minimum atomic E-state index is -0.540. The molecule has 0 atom stereocenters. The molecular weight excluding hydrogens is 393 g/mol. The molecule has 0 bridgehead atoms. The fraction of sp³-hybridized carbons (Fsp3) is 0.222. The molecule has 0 heterocycles. The average molecular weight is 410 g/mol. The van der Waals surface area contributed by atoms with Crippen LogP contribution in [0.15, 0.2) is 41.5 Å². The van der Waals surface area contributed by atoms with E-state index in [1.807, 2.05) is 13.8 Å². The van der Waals surface area contributed by atoms with Crippen molar-refractivity contribution in [3.63, 3.8) is 0 Å². The monoisotopic (exact) mass is 409 g/mol. The fourth-order valence-corrected chi connectivity index (χ4v) is 2.62. The van der Waals surface area contributed by atoms with E-state index in [0.29, 0.717) is 33.9 Å². The van der Waals surface area contributed by atoms with Crippen LogP contribution in [0.4, 0.5) is 5.69 Å². The summed E-state index contributed by atoms with van der Waals surface area (Å²) in [6, 6.07) is 8.41. The molecule has 142 valence electrons. The Bertz CT molecular complexity index is 844. The zero-order valence-corrected chi connectivity index (χ0v) is 16.1. The highest BCUT2D eigenvalue weighted by molar-refractivity contribution is 6.37. The lowest BCUT2D eigenvalue weighted by Gasteiger charge is -2.12. The lowest BCUT2D eigenvalue weighted by atomic mass is 10.2. The summed E-state index contributed by atoms with van der Waals surface area (Å²) in [5.41, 5.74) is 3.05. The lowest BCUT2D eigenvalue weighted by Crippen LogP contribution is -2.17. The molecule has 2 rings (SSSR count). The number of nitrogens with one attached hydrogen (secondary N) is 1. The van der Waals surface area contributed by atoms with Crippen LogP contribution < -0.4 is 10.2 Å². The first-order valence-electron chi connectivity index (χ1n) is 7.97. The van der Waals surface area contributed by atoms with Crippen molar-refractivity contribution >= 4 is 41.0 Å². The van der Waals surface area contributed by atoms with E-state index in [-0.39, 0.29) is 11.3 Å². The van der Waals surface area contributed by atoms with Crippen LogP contribution in [0.25, 0.3) is 0 Å². The summed E-state index contributed by atoms with van der Waals surface area (Å²) in [4.78, 5) is 22.1. The third-order valence-electron chi connectivity index (χ3n) is 3.30. The molecule has 7 nitrogen and oxygen atoms in total. The van der Waals surface area contributed by atoms with Crippen molar-refractivity contribution in [1.82, 2.24) is 5.43 Å². The summed E-state index contributed by atoms with van der Waals surface area (Å²) in [5.74, 6) is 0.224. The van der Waals surface area contributed by atoms with Gasteiger partial charge in [0.1, 0.15) is 0 Å². The summed E-state index contributed by atoms with van der Waals surface area (Å²) in [7, 11) is 0. The Kier molecular flexibility index (Phi) is 7.15. The number of benzene rings is 2. The molecule has 0 aliphatic heterocycles. The SMILES string of the molecule is CC(C)COc1c(Cl)cc(/C=N/NC(=O)c2ccc([N+](=O)[O-])cc2)cc1Cl. The topological polar surface area (TPSA) is 93.8 Å². The standard InChI is InChI=1S/C18H17Cl2N3O4/c1-11(2)10-27-17-15(19)7-12(8-16(17)20)9-21-22-18(24)13-3-5-14(6-4-13)23(25)26/h3-9,11H,10H2,1-2H3,(H,22,24)/b21-9+. The number of hydrogen-bond donors (Lipinski definition) is 1. The van der Waals surface area contributed by atoms with E-state index in [1.54, 1.807) is 12.1 Å². The minimum absolute atomic E-state index is 0.0980. The number of halogens is 2. The normalized spacial score (nSPS) is 11.0. The molecule has 0 aromatic heterocycles. The van der Waals surface area contributed by atoms with Gasteiger partial charge in [0, 0.05) is 17.7 Å². The van der Waals surface area contributed by atoms with Crippen LogP contribution in [0.5, 0.6) is 5.75 Å². The molecule has 0 saturated carbocycles. The number of non-ortho nitro benzene ring substituents is 1. The van der Waals surface area contributed by atoms with Gasteiger partial charge in [-0.2, -0.15) is 5.10 Å². The molecule has 0 fully saturated rings. The Labute approximate surface area is 166 Å². The number of hydrogen-bond acceptors (Lipinski definition) is 5. The van der Waals surface area contributed by atoms with Crippen molar-refractivity contribution in [2.24, 2.45) is 11.0 Å². The maximum absolute atomic E-state index is 12.0. The Hall–Kier alpha value is -2.64. The summed E-state index contributed by atoms with van der Waals surface area (Å²) in [6.45, 7) is 4.51. The van der Waals surface area contributed by atoms with Crippen LogP contribution in [0.2, 0.25) is 10.0 Å². The predicted octanol–water partition coefficient (Wildman–Crippen LogP) is 4.70. The van der Waals surface area contributed by atoms with Crippen LogP contribution in [-0.2, 0) is 0 Å². The zero-order chi connectivity index (χ0) is 20.0. The minimum Gasteiger partial charge on any atom is -0.490 e. The van der Waals surface area contributed by atoms with E-state index in [9.17, 15) is 14.9 Å². The highest BCUT2D eigenvalue weighted by Crippen LogP contribution is 2.34. The summed E-state index contributed by atoms with van der Waals surface area (Å²) in [6.07, 6.45) is 1.38. The first-order chi connectivity index (χ1) is 12.8. The highest BCUT2D eigenvalue weighted by atomic mass is 35.5. The van der Waals surface area contributed by atoms with E-state index >= 15 is 0 Å². The van der Waals surface area contributed by atoms with Crippen LogP contribution >= 0.6 is 23.2 Å². The second-order valence-electron chi connectivity index (χ2n) is 6.02. The Morgan fingerprint density at radius 3 is 2.37 bits per heavy atom. The van der Waals surface area contributed by atoms with Gasteiger partial charge in [0.15, 0.2) is 5.75 Å². The van der Waals surface area contributed by atoms with Crippen LogP contribution in [0.1, 0.15) is 29.8 Å². The number of ether oxygens (including phenoxy) is 1. The largest absolute Gasteiger partial charge is 0.490 e. The van der Waals surface area contributed by atoms with Gasteiger partial charge in [0.2, 0.25) is 0 Å². The Morgan fingerprint density at radius 1 is 1.26 bits per heavy atom. The predicted molar refractivity (Wildman–Crippen MR) is 105 cm³/mol. The first kappa shape index (κ1) is 20.7. The van der Waals surface area contributed by atoms with Crippen LogP contribution in [-0.4, -0.2) is 23.7 Å². The molecule has 1 N–H and O–H groups in total. The molecule has 0 unspecified atom stereocenters. The van der Waals surface area contributed by atoms with Gasteiger partial charge < -0.3 is 4.74 Å². The van der Waals surface area contributed by atoms with E-state index in [2.05, 4.69) is 10.5 Å². The molecule has 2 aromatic carbocycles. The maximum Gasteiger partial charge on any atom is 0.271 e. The Morgan fingerprint density at radius 2 is 1.85 bits per heavy atom. The van der Waals surface area contributed by atoms with Gasteiger partial charge >= 0.3 is 0 Å². The number of nitro groups is 1. The van der Waals surface area contributed by atoms with E-state index in [1.165, 1.54) is 30.5 Å².